The number of nitrogens with one attached hydrogen (secondary N) is 2. The van der Waals surface area contributed by atoms with Crippen LogP contribution in [0.25, 0.3) is 0 Å². The number of anilines is 1. The lowest BCUT2D eigenvalue weighted by Crippen LogP contribution is -2.33. The number of hydrogen-bond donors (Lipinski definition) is 2. The zero-order valence-corrected chi connectivity index (χ0v) is 13.0. The molecule has 0 spiro atoms. The summed E-state index contributed by atoms with van der Waals surface area (Å²) < 4.78 is 5.10. The molecule has 5 nitrogen and oxygen atoms in total. The van der Waals surface area contributed by atoms with E-state index in [0.717, 1.165) is 49.5 Å². The number of amides is 1. The minimum absolute atomic E-state index is 0. The maximum atomic E-state index is 12.0. The molecular weight excluding hydrogens is 290 g/mol. The van der Waals surface area contributed by atoms with Crippen molar-refractivity contribution in [2.45, 2.75) is 0 Å². The number of methoxy groups -OCH3 is 1. The molecule has 2 atom stereocenters. The molecule has 2 fully saturated rings. The number of benzene rings is 1. The lowest BCUT2D eigenvalue weighted by molar-refractivity contribution is -0.117. The SMILES string of the molecule is COc1ccc(NC(=O)CN2C[C@H]3CNC[C@H]3C2)cc1.Cl. The largest absolute Gasteiger partial charge is 0.497 e. The molecule has 0 aromatic heterocycles. The Balaban J connectivity index is 0.00000161. The molecular formula is C15H22ClN3O2. The molecule has 0 unspecified atom stereocenters. The Morgan fingerprint density at radius 2 is 1.90 bits per heavy atom. The van der Waals surface area contributed by atoms with Crippen molar-refractivity contribution in [1.29, 1.82) is 0 Å². The summed E-state index contributed by atoms with van der Waals surface area (Å²) in [6.45, 7) is 4.75. The van der Waals surface area contributed by atoms with Gasteiger partial charge < -0.3 is 15.4 Å². The Labute approximate surface area is 131 Å². The third-order valence-corrected chi connectivity index (χ3v) is 4.21. The summed E-state index contributed by atoms with van der Waals surface area (Å²) in [4.78, 5) is 14.3. The highest BCUT2D eigenvalue weighted by atomic mass is 35.5. The standard InChI is InChI=1S/C15H21N3O2.ClH/c1-20-14-4-2-13(3-5-14)17-15(19)10-18-8-11-6-16-7-12(11)9-18;/h2-5,11-12,16H,6-10H2,1H3,(H,17,19);1H/t11-,12+;. The molecule has 3 rings (SSSR count). The van der Waals surface area contributed by atoms with Crippen LogP contribution >= 0.6 is 12.4 Å². The van der Waals surface area contributed by atoms with Gasteiger partial charge >= 0.3 is 0 Å². The summed E-state index contributed by atoms with van der Waals surface area (Å²) in [5.41, 5.74) is 0.817. The van der Waals surface area contributed by atoms with E-state index < -0.39 is 0 Å². The van der Waals surface area contributed by atoms with E-state index in [1.165, 1.54) is 0 Å². The molecule has 1 aromatic carbocycles. The summed E-state index contributed by atoms with van der Waals surface area (Å²) in [5.74, 6) is 2.30. The quantitative estimate of drug-likeness (QED) is 0.877. The van der Waals surface area contributed by atoms with Gasteiger partial charge in [-0.25, -0.2) is 0 Å². The zero-order chi connectivity index (χ0) is 13.9. The maximum absolute atomic E-state index is 12.0. The average molecular weight is 312 g/mol. The lowest BCUT2D eigenvalue weighted by Gasteiger charge is -2.16. The molecule has 2 saturated heterocycles. The molecule has 2 N–H and O–H groups in total. The minimum Gasteiger partial charge on any atom is -0.497 e. The fourth-order valence-corrected chi connectivity index (χ4v) is 3.16. The molecule has 0 bridgehead atoms. The Morgan fingerprint density at radius 3 is 2.48 bits per heavy atom. The van der Waals surface area contributed by atoms with Crippen LogP contribution in [0, 0.1) is 11.8 Å². The van der Waals surface area contributed by atoms with Gasteiger partial charge in [0, 0.05) is 18.8 Å². The van der Waals surface area contributed by atoms with E-state index in [4.69, 9.17) is 4.74 Å². The normalized spacial score (nSPS) is 24.2. The maximum Gasteiger partial charge on any atom is 0.238 e. The molecule has 1 amide bonds. The van der Waals surface area contributed by atoms with Crippen molar-refractivity contribution in [3.63, 3.8) is 0 Å². The molecule has 21 heavy (non-hydrogen) atoms. The Hall–Kier alpha value is -1.30. The van der Waals surface area contributed by atoms with Crippen molar-refractivity contribution in [3.05, 3.63) is 24.3 Å². The average Bonchev–Trinajstić information content (AvgIpc) is 3.00. The second kappa shape index (κ2) is 7.11. The van der Waals surface area contributed by atoms with Crippen LogP contribution in [0.5, 0.6) is 5.75 Å². The number of hydrogen-bond acceptors (Lipinski definition) is 4. The van der Waals surface area contributed by atoms with E-state index in [9.17, 15) is 4.79 Å². The first kappa shape index (κ1) is 16.1. The van der Waals surface area contributed by atoms with Gasteiger partial charge in [0.1, 0.15) is 5.75 Å². The van der Waals surface area contributed by atoms with E-state index >= 15 is 0 Å². The minimum atomic E-state index is 0. The number of likely N-dealkylation sites (tertiary alicyclic amines) is 1. The third-order valence-electron chi connectivity index (χ3n) is 4.21. The number of ether oxygens (including phenoxy) is 1. The number of carbonyl (C=O) groups is 1. The molecule has 2 aliphatic rings. The predicted molar refractivity (Wildman–Crippen MR) is 85.2 cm³/mol. The summed E-state index contributed by atoms with van der Waals surface area (Å²) >= 11 is 0. The molecule has 0 radical (unpaired) electrons. The van der Waals surface area contributed by atoms with Crippen LogP contribution < -0.4 is 15.4 Å². The zero-order valence-electron chi connectivity index (χ0n) is 12.2. The molecule has 1 aromatic rings. The van der Waals surface area contributed by atoms with Crippen LogP contribution in [0.3, 0.4) is 0 Å². The second-order valence-corrected chi connectivity index (χ2v) is 5.65. The molecule has 0 aliphatic carbocycles. The van der Waals surface area contributed by atoms with Gasteiger partial charge in [-0.15, -0.1) is 12.4 Å². The van der Waals surface area contributed by atoms with E-state index in [1.54, 1.807) is 7.11 Å². The first-order valence-corrected chi connectivity index (χ1v) is 7.11. The van der Waals surface area contributed by atoms with Crippen LogP contribution in [0.15, 0.2) is 24.3 Å². The molecule has 0 saturated carbocycles. The topological polar surface area (TPSA) is 53.6 Å². The van der Waals surface area contributed by atoms with Gasteiger partial charge in [0.25, 0.3) is 0 Å². The van der Waals surface area contributed by atoms with Crippen LogP contribution in [-0.4, -0.2) is 50.6 Å². The van der Waals surface area contributed by atoms with Crippen molar-refractivity contribution in [2.75, 3.05) is 45.2 Å². The lowest BCUT2D eigenvalue weighted by atomic mass is 10.0. The van der Waals surface area contributed by atoms with E-state index in [-0.39, 0.29) is 18.3 Å². The van der Waals surface area contributed by atoms with Gasteiger partial charge in [-0.2, -0.15) is 0 Å². The highest BCUT2D eigenvalue weighted by Crippen LogP contribution is 2.25. The van der Waals surface area contributed by atoms with E-state index in [0.29, 0.717) is 6.54 Å². The first-order valence-electron chi connectivity index (χ1n) is 7.11. The van der Waals surface area contributed by atoms with Gasteiger partial charge in [-0.3, -0.25) is 9.69 Å². The third kappa shape index (κ3) is 3.87. The highest BCUT2D eigenvalue weighted by Gasteiger charge is 2.36. The van der Waals surface area contributed by atoms with Crippen molar-refractivity contribution in [2.24, 2.45) is 11.8 Å². The summed E-state index contributed by atoms with van der Waals surface area (Å²) in [6, 6.07) is 7.42. The fourth-order valence-electron chi connectivity index (χ4n) is 3.16. The van der Waals surface area contributed by atoms with Crippen LogP contribution in [-0.2, 0) is 4.79 Å². The monoisotopic (exact) mass is 311 g/mol. The number of rotatable bonds is 4. The van der Waals surface area contributed by atoms with E-state index in [2.05, 4.69) is 15.5 Å². The fraction of sp³-hybridized carbons (Fsp3) is 0.533. The number of carbonyl (C=O) groups excluding carboxylic acids is 1. The number of fused-ring (bicyclic) bond motifs is 1. The van der Waals surface area contributed by atoms with Crippen molar-refractivity contribution in [1.82, 2.24) is 10.2 Å². The van der Waals surface area contributed by atoms with E-state index in [1.807, 2.05) is 24.3 Å². The molecule has 116 valence electrons. The van der Waals surface area contributed by atoms with Gasteiger partial charge in [-0.1, -0.05) is 0 Å². The summed E-state index contributed by atoms with van der Waals surface area (Å²) in [6.07, 6.45) is 0. The van der Waals surface area contributed by atoms with Gasteiger partial charge in [0.2, 0.25) is 5.91 Å². The van der Waals surface area contributed by atoms with Crippen molar-refractivity contribution in [3.8, 4) is 5.75 Å². The van der Waals surface area contributed by atoms with Gasteiger partial charge in [-0.05, 0) is 49.2 Å². The van der Waals surface area contributed by atoms with Crippen molar-refractivity contribution < 1.29 is 9.53 Å². The van der Waals surface area contributed by atoms with Gasteiger partial charge in [0.05, 0.1) is 13.7 Å². The Bertz CT molecular complexity index is 468. The first-order chi connectivity index (χ1) is 9.74. The molecule has 2 heterocycles. The number of nitrogens with zero attached hydrogens (tertiary/aromatic N) is 1. The molecule has 6 heteroatoms. The molecule has 2 aliphatic heterocycles. The smallest absolute Gasteiger partial charge is 0.238 e. The second-order valence-electron chi connectivity index (χ2n) is 5.65. The summed E-state index contributed by atoms with van der Waals surface area (Å²) in [7, 11) is 1.63. The summed E-state index contributed by atoms with van der Waals surface area (Å²) in [5, 5.41) is 6.34. The van der Waals surface area contributed by atoms with Crippen LogP contribution in [0.2, 0.25) is 0 Å². The van der Waals surface area contributed by atoms with Crippen molar-refractivity contribution >= 4 is 24.0 Å². The Kier molecular flexibility index (Phi) is 5.45. The predicted octanol–water partition coefficient (Wildman–Crippen LogP) is 1.21. The number of halogens is 1. The van der Waals surface area contributed by atoms with Crippen LogP contribution in [0.1, 0.15) is 0 Å². The van der Waals surface area contributed by atoms with Gasteiger partial charge in [0.15, 0.2) is 0 Å². The Morgan fingerprint density at radius 1 is 1.29 bits per heavy atom. The highest BCUT2D eigenvalue weighted by molar-refractivity contribution is 5.92. The van der Waals surface area contributed by atoms with Crippen LogP contribution in [0.4, 0.5) is 5.69 Å².